The molecule has 0 aliphatic heterocycles. The van der Waals surface area contributed by atoms with E-state index in [-0.39, 0.29) is 17.1 Å². The van der Waals surface area contributed by atoms with Gasteiger partial charge in [0.1, 0.15) is 4.83 Å². The zero-order chi connectivity index (χ0) is 22.5. The van der Waals surface area contributed by atoms with Gasteiger partial charge in [-0.05, 0) is 53.1 Å². The van der Waals surface area contributed by atoms with E-state index in [9.17, 15) is 9.59 Å². The van der Waals surface area contributed by atoms with Crippen LogP contribution in [0.15, 0.2) is 78.4 Å². The topological polar surface area (TPSA) is 52.0 Å². The van der Waals surface area contributed by atoms with Crippen LogP contribution in [0.25, 0.3) is 27.2 Å². The summed E-state index contributed by atoms with van der Waals surface area (Å²) in [7, 11) is 1.92. The van der Waals surface area contributed by atoms with Crippen molar-refractivity contribution in [2.45, 2.75) is 0 Å². The third-order valence-corrected chi connectivity index (χ3v) is 6.81. The summed E-state index contributed by atoms with van der Waals surface area (Å²) >= 11 is 1.45. The molecule has 0 atom stereocenters. The lowest BCUT2D eigenvalue weighted by Crippen LogP contribution is -1.99. The first-order chi connectivity index (χ1) is 16.1. The van der Waals surface area contributed by atoms with E-state index in [1.807, 2.05) is 84.4 Å². The molecular formula is C28H16N2O2S. The van der Waals surface area contributed by atoms with Gasteiger partial charge in [-0.3, -0.25) is 9.59 Å². The molecule has 4 nitrogen and oxygen atoms in total. The van der Waals surface area contributed by atoms with Gasteiger partial charge in [-0.1, -0.05) is 48.4 Å². The molecule has 0 saturated heterocycles. The van der Waals surface area contributed by atoms with Gasteiger partial charge in [0.05, 0.1) is 11.1 Å². The van der Waals surface area contributed by atoms with Gasteiger partial charge in [-0.15, -0.1) is 11.3 Å². The monoisotopic (exact) mass is 444 g/mol. The molecule has 0 bridgehead atoms. The zero-order valence-electron chi connectivity index (χ0n) is 17.6. The normalized spacial score (nSPS) is 12.8. The van der Waals surface area contributed by atoms with Gasteiger partial charge in [0.25, 0.3) is 0 Å². The average Bonchev–Trinajstić information content (AvgIpc) is 3.44. The number of Topliss-reactive ketones (excluding diaryl/α,β-unsaturated/α-hetero) is 2. The molecule has 2 aromatic heterocycles. The molecule has 33 heavy (non-hydrogen) atoms. The lowest BCUT2D eigenvalue weighted by molar-refractivity contribution is 0.0990. The molecule has 156 valence electrons. The summed E-state index contributed by atoms with van der Waals surface area (Å²) in [5.41, 5.74) is 3.01. The van der Waals surface area contributed by atoms with E-state index in [0.29, 0.717) is 17.0 Å². The highest BCUT2D eigenvalue weighted by molar-refractivity contribution is 7.19. The minimum atomic E-state index is -0.222. The van der Waals surface area contributed by atoms with E-state index in [1.165, 1.54) is 11.3 Å². The Kier molecular flexibility index (Phi) is 4.36. The Labute approximate surface area is 193 Å². The Morgan fingerprint density at radius 1 is 0.848 bits per heavy atom. The van der Waals surface area contributed by atoms with Gasteiger partial charge < -0.3 is 4.57 Å². The Hall–Kier alpha value is -4.27. The number of carbonyl (C=O) groups excluding carboxylic acids is 2. The minimum Gasteiger partial charge on any atom is -0.320 e. The fourth-order valence-electron chi connectivity index (χ4n) is 4.11. The van der Waals surface area contributed by atoms with Crippen molar-refractivity contribution in [1.29, 1.82) is 0 Å². The Morgan fingerprint density at radius 2 is 1.48 bits per heavy atom. The number of benzene rings is 3. The summed E-state index contributed by atoms with van der Waals surface area (Å²) in [6.07, 6.45) is 1.69. The van der Waals surface area contributed by atoms with Crippen molar-refractivity contribution in [2.75, 3.05) is 0 Å². The summed E-state index contributed by atoms with van der Waals surface area (Å²) in [4.78, 5) is 32.3. The van der Waals surface area contributed by atoms with Gasteiger partial charge in [-0.2, -0.15) is 0 Å². The molecule has 5 aromatic rings. The number of imidazole rings is 1. The number of hydrogen-bond donors (Lipinski definition) is 0. The summed E-state index contributed by atoms with van der Waals surface area (Å²) < 4.78 is 1.93. The Balaban J connectivity index is 1.36. The second-order valence-electron chi connectivity index (χ2n) is 7.91. The van der Waals surface area contributed by atoms with Gasteiger partial charge >= 0.3 is 0 Å². The molecule has 0 radical (unpaired) electrons. The molecule has 0 N–H and O–H groups in total. The molecule has 1 aliphatic rings. The van der Waals surface area contributed by atoms with Crippen molar-refractivity contribution in [3.8, 4) is 11.8 Å². The van der Waals surface area contributed by atoms with E-state index in [2.05, 4.69) is 16.8 Å². The lowest BCUT2D eigenvalue weighted by atomic mass is 10.0. The van der Waals surface area contributed by atoms with Crippen molar-refractivity contribution >= 4 is 50.1 Å². The smallest absolute Gasteiger partial charge is 0.197 e. The first-order valence-corrected chi connectivity index (χ1v) is 11.3. The lowest BCUT2D eigenvalue weighted by Gasteiger charge is -2.00. The van der Waals surface area contributed by atoms with Crippen LogP contribution in [0.5, 0.6) is 0 Å². The van der Waals surface area contributed by atoms with Crippen LogP contribution in [0.3, 0.4) is 0 Å². The molecular weight excluding hydrogens is 428 g/mol. The van der Waals surface area contributed by atoms with Crippen LogP contribution < -0.4 is 0 Å². The van der Waals surface area contributed by atoms with Crippen LogP contribution in [-0.4, -0.2) is 21.1 Å². The van der Waals surface area contributed by atoms with Crippen LogP contribution >= 0.6 is 11.3 Å². The van der Waals surface area contributed by atoms with Crippen molar-refractivity contribution < 1.29 is 9.59 Å². The van der Waals surface area contributed by atoms with Crippen LogP contribution in [0.2, 0.25) is 0 Å². The van der Waals surface area contributed by atoms with Crippen molar-refractivity contribution in [3.05, 3.63) is 106 Å². The zero-order valence-corrected chi connectivity index (χ0v) is 18.4. The van der Waals surface area contributed by atoms with Crippen LogP contribution in [-0.2, 0) is 7.05 Å². The van der Waals surface area contributed by atoms with E-state index >= 15 is 0 Å². The number of ketones is 2. The molecule has 1 aliphatic carbocycles. The fraction of sp³-hybridized carbons (Fsp3) is 0.0357. The second kappa shape index (κ2) is 7.40. The van der Waals surface area contributed by atoms with E-state index in [4.69, 9.17) is 0 Å². The number of fused-ring (bicyclic) bond motifs is 3. The maximum absolute atomic E-state index is 13.0. The third kappa shape index (κ3) is 3.20. The predicted molar refractivity (Wildman–Crippen MR) is 132 cm³/mol. The molecule has 5 heteroatoms. The van der Waals surface area contributed by atoms with Gasteiger partial charge in [0.2, 0.25) is 0 Å². The molecule has 0 unspecified atom stereocenters. The summed E-state index contributed by atoms with van der Waals surface area (Å²) in [6, 6.07) is 23.1. The summed E-state index contributed by atoms with van der Waals surface area (Å²) in [5.74, 6) is 6.48. The number of allylic oxidation sites excluding steroid dienone is 1. The maximum atomic E-state index is 13.0. The maximum Gasteiger partial charge on any atom is 0.197 e. The van der Waals surface area contributed by atoms with Crippen LogP contribution in [0.4, 0.5) is 0 Å². The SMILES string of the molecule is Cn1c(C#Cc2ccccc2)nc2sc(C=C3C(=O)c4cc5ccccc5cc4C3=O)cc21. The Morgan fingerprint density at radius 3 is 2.12 bits per heavy atom. The number of rotatable bonds is 1. The van der Waals surface area contributed by atoms with Crippen molar-refractivity contribution in [3.63, 3.8) is 0 Å². The summed E-state index contributed by atoms with van der Waals surface area (Å²) in [6.45, 7) is 0. The first kappa shape index (κ1) is 19.4. The van der Waals surface area contributed by atoms with Gasteiger partial charge in [0, 0.05) is 28.6 Å². The molecule has 6 rings (SSSR count). The van der Waals surface area contributed by atoms with Crippen LogP contribution in [0.1, 0.15) is 37.0 Å². The number of aryl methyl sites for hydroxylation is 1. The highest BCUT2D eigenvalue weighted by Gasteiger charge is 2.33. The molecule has 0 saturated carbocycles. The minimum absolute atomic E-state index is 0.205. The molecule has 0 fully saturated rings. The molecule has 3 aromatic carbocycles. The molecule has 2 heterocycles. The van der Waals surface area contributed by atoms with E-state index in [0.717, 1.165) is 31.6 Å². The van der Waals surface area contributed by atoms with Gasteiger partial charge in [0.15, 0.2) is 17.4 Å². The number of aromatic nitrogens is 2. The summed E-state index contributed by atoms with van der Waals surface area (Å²) in [5, 5.41) is 1.91. The van der Waals surface area contributed by atoms with E-state index < -0.39 is 0 Å². The molecule has 0 spiro atoms. The molecule has 0 amide bonds. The number of carbonyl (C=O) groups is 2. The van der Waals surface area contributed by atoms with Gasteiger partial charge in [-0.25, -0.2) is 4.98 Å². The van der Waals surface area contributed by atoms with Crippen molar-refractivity contribution in [2.24, 2.45) is 7.05 Å². The Bertz CT molecular complexity index is 1650. The number of hydrogen-bond acceptors (Lipinski definition) is 4. The fourth-order valence-corrected chi connectivity index (χ4v) is 5.11. The first-order valence-electron chi connectivity index (χ1n) is 10.5. The predicted octanol–water partition coefficient (Wildman–Crippen LogP) is 5.65. The number of thiophene rings is 1. The second-order valence-corrected chi connectivity index (χ2v) is 8.97. The van der Waals surface area contributed by atoms with Crippen molar-refractivity contribution in [1.82, 2.24) is 9.55 Å². The van der Waals surface area contributed by atoms with Crippen LogP contribution in [0, 0.1) is 11.8 Å². The standard InChI is InChI=1S/C28H16N2O2S/c1-30-24-16-20(33-28(24)29-25(30)12-11-17-7-3-2-4-8-17)15-23-26(31)21-13-18-9-5-6-10-19(18)14-22(21)27(23)32/h2-10,13-16H,1H3. The third-order valence-electron chi connectivity index (χ3n) is 5.84. The van der Waals surface area contributed by atoms with E-state index in [1.54, 1.807) is 6.08 Å². The number of nitrogens with zero attached hydrogens (tertiary/aromatic N) is 2. The largest absolute Gasteiger partial charge is 0.320 e. The average molecular weight is 445 g/mol. The highest BCUT2D eigenvalue weighted by atomic mass is 32.1. The quantitative estimate of drug-likeness (QED) is 0.191. The highest BCUT2D eigenvalue weighted by Crippen LogP contribution is 2.34.